The van der Waals surface area contributed by atoms with Gasteiger partial charge in [-0.15, -0.1) is 0 Å². The molecular formula is C19H21ClN4O5S. The molecule has 4 N–H and O–H groups in total. The predicted molar refractivity (Wildman–Crippen MR) is 112 cm³/mol. The molecular weight excluding hydrogens is 432 g/mol. The van der Waals surface area contributed by atoms with Crippen LogP contribution in [-0.4, -0.2) is 67.9 Å². The summed E-state index contributed by atoms with van der Waals surface area (Å²) < 4.78 is 23.0. The van der Waals surface area contributed by atoms with Gasteiger partial charge in [-0.1, -0.05) is 11.6 Å². The van der Waals surface area contributed by atoms with Crippen LogP contribution in [0.5, 0.6) is 5.75 Å². The number of nitrogens with two attached hydrogens (primary N) is 1. The molecule has 0 aromatic heterocycles. The molecule has 2 amide bonds. The summed E-state index contributed by atoms with van der Waals surface area (Å²) in [5, 5.41) is 18.4. The fourth-order valence-electron chi connectivity index (χ4n) is 3.08. The number of rotatable bonds is 5. The van der Waals surface area contributed by atoms with Gasteiger partial charge in [-0.3, -0.25) is 14.5 Å². The van der Waals surface area contributed by atoms with Crippen molar-refractivity contribution in [2.75, 3.05) is 38.0 Å². The Labute approximate surface area is 179 Å². The lowest BCUT2D eigenvalue weighted by atomic mass is 10.1. The van der Waals surface area contributed by atoms with Crippen LogP contribution in [0.1, 0.15) is 10.4 Å². The van der Waals surface area contributed by atoms with E-state index in [-0.39, 0.29) is 28.7 Å². The second-order valence-corrected chi connectivity index (χ2v) is 8.85. The first-order valence-electron chi connectivity index (χ1n) is 9.06. The van der Waals surface area contributed by atoms with Gasteiger partial charge in [0, 0.05) is 36.9 Å². The van der Waals surface area contributed by atoms with Crippen LogP contribution in [-0.2, 0) is 14.8 Å². The number of aromatic hydroxyl groups is 1. The molecule has 3 rings (SSSR count). The highest BCUT2D eigenvalue weighted by Gasteiger charge is 2.26. The van der Waals surface area contributed by atoms with E-state index < -0.39 is 15.9 Å². The highest BCUT2D eigenvalue weighted by Crippen LogP contribution is 2.23. The van der Waals surface area contributed by atoms with Gasteiger partial charge in [-0.25, -0.2) is 13.6 Å². The first-order valence-corrected chi connectivity index (χ1v) is 11.0. The van der Waals surface area contributed by atoms with E-state index in [9.17, 15) is 23.1 Å². The van der Waals surface area contributed by atoms with Gasteiger partial charge in [0.25, 0.3) is 5.91 Å². The van der Waals surface area contributed by atoms with Crippen LogP contribution in [0.4, 0.5) is 5.69 Å². The fraction of sp³-hybridized carbons (Fsp3) is 0.263. The van der Waals surface area contributed by atoms with Gasteiger partial charge in [0.1, 0.15) is 5.75 Å². The van der Waals surface area contributed by atoms with Crippen molar-refractivity contribution in [1.29, 1.82) is 0 Å². The molecule has 30 heavy (non-hydrogen) atoms. The molecule has 0 unspecified atom stereocenters. The highest BCUT2D eigenvalue weighted by molar-refractivity contribution is 7.89. The number of benzene rings is 2. The Bertz CT molecular complexity index is 1050. The van der Waals surface area contributed by atoms with E-state index in [1.54, 1.807) is 24.3 Å². The summed E-state index contributed by atoms with van der Waals surface area (Å²) in [4.78, 5) is 28.1. The standard InChI is InChI=1S/C19H21ClN4O5S/c20-13-1-3-14(4-2-13)22-18(26)12-23-7-9-24(10-8-23)19(27)16-11-15(30(21,28)29)5-6-17(16)25/h1-6,11,25H,7-10,12H2,(H,22,26)(H2,21,28,29). The van der Waals surface area contributed by atoms with Gasteiger partial charge in [0.2, 0.25) is 15.9 Å². The number of phenols is 1. The van der Waals surface area contributed by atoms with Gasteiger partial charge in [-0.2, -0.15) is 0 Å². The third kappa shape index (κ3) is 5.48. The maximum atomic E-state index is 12.7. The van der Waals surface area contributed by atoms with E-state index in [1.165, 1.54) is 4.90 Å². The smallest absolute Gasteiger partial charge is 0.257 e. The average molecular weight is 453 g/mol. The number of hydrogen-bond donors (Lipinski definition) is 3. The van der Waals surface area contributed by atoms with E-state index in [0.717, 1.165) is 18.2 Å². The summed E-state index contributed by atoms with van der Waals surface area (Å²) in [5.41, 5.74) is 0.513. The van der Waals surface area contributed by atoms with Gasteiger partial charge >= 0.3 is 0 Å². The van der Waals surface area contributed by atoms with Gasteiger partial charge in [-0.05, 0) is 42.5 Å². The number of sulfonamides is 1. The van der Waals surface area contributed by atoms with Crippen LogP contribution < -0.4 is 10.5 Å². The van der Waals surface area contributed by atoms with Crippen molar-refractivity contribution in [1.82, 2.24) is 9.80 Å². The molecule has 0 atom stereocenters. The van der Waals surface area contributed by atoms with Crippen molar-refractivity contribution in [3.63, 3.8) is 0 Å². The van der Waals surface area contributed by atoms with Crippen LogP contribution in [0.15, 0.2) is 47.4 Å². The first kappa shape index (κ1) is 22.0. The lowest BCUT2D eigenvalue weighted by Crippen LogP contribution is -2.50. The number of halogens is 1. The van der Waals surface area contributed by atoms with Gasteiger partial charge < -0.3 is 15.3 Å². The Kier molecular flexibility index (Phi) is 6.61. The second-order valence-electron chi connectivity index (χ2n) is 6.85. The van der Waals surface area contributed by atoms with Crippen molar-refractivity contribution < 1.29 is 23.1 Å². The minimum absolute atomic E-state index is 0.129. The van der Waals surface area contributed by atoms with Crippen molar-refractivity contribution >= 4 is 39.1 Å². The lowest BCUT2D eigenvalue weighted by molar-refractivity contribution is -0.117. The number of piperazine rings is 1. The minimum atomic E-state index is -4.00. The normalized spacial score (nSPS) is 15.1. The van der Waals surface area contributed by atoms with E-state index in [1.807, 2.05) is 4.90 Å². The monoisotopic (exact) mass is 452 g/mol. The molecule has 1 aliphatic heterocycles. The molecule has 0 bridgehead atoms. The number of carbonyl (C=O) groups is 2. The Balaban J connectivity index is 1.57. The molecule has 11 heteroatoms. The molecule has 1 fully saturated rings. The Morgan fingerprint density at radius 2 is 1.70 bits per heavy atom. The van der Waals surface area contributed by atoms with Crippen molar-refractivity contribution in [3.8, 4) is 5.75 Å². The zero-order chi connectivity index (χ0) is 21.9. The Hall–Kier alpha value is -2.66. The molecule has 0 radical (unpaired) electrons. The minimum Gasteiger partial charge on any atom is -0.507 e. The average Bonchev–Trinajstić information content (AvgIpc) is 2.69. The summed E-state index contributed by atoms with van der Waals surface area (Å²) in [7, 11) is -4.00. The number of amides is 2. The van der Waals surface area contributed by atoms with Crippen molar-refractivity contribution in [2.45, 2.75) is 4.90 Å². The number of primary sulfonamides is 1. The Morgan fingerprint density at radius 1 is 1.07 bits per heavy atom. The molecule has 0 spiro atoms. The summed E-state index contributed by atoms with van der Waals surface area (Å²) in [6.07, 6.45) is 0. The molecule has 0 saturated carbocycles. The molecule has 1 saturated heterocycles. The maximum absolute atomic E-state index is 12.7. The largest absolute Gasteiger partial charge is 0.507 e. The third-order valence-electron chi connectivity index (χ3n) is 4.68. The third-order valence-corrected chi connectivity index (χ3v) is 5.84. The molecule has 1 aliphatic rings. The van der Waals surface area contributed by atoms with Gasteiger partial charge in [0.05, 0.1) is 17.0 Å². The van der Waals surface area contributed by atoms with E-state index in [0.29, 0.717) is 36.9 Å². The number of phenolic OH excluding ortho intramolecular Hbond substituents is 1. The summed E-state index contributed by atoms with van der Waals surface area (Å²) in [6, 6.07) is 10.1. The van der Waals surface area contributed by atoms with E-state index in [2.05, 4.69) is 5.32 Å². The molecule has 2 aromatic carbocycles. The van der Waals surface area contributed by atoms with Crippen LogP contribution in [0.3, 0.4) is 0 Å². The van der Waals surface area contributed by atoms with Crippen molar-refractivity contribution in [3.05, 3.63) is 53.1 Å². The van der Waals surface area contributed by atoms with Crippen LogP contribution in [0.25, 0.3) is 0 Å². The summed E-state index contributed by atoms with van der Waals surface area (Å²) in [6.45, 7) is 1.72. The number of nitrogens with zero attached hydrogens (tertiary/aromatic N) is 2. The summed E-state index contributed by atoms with van der Waals surface area (Å²) >= 11 is 5.82. The SMILES string of the molecule is NS(=O)(=O)c1ccc(O)c(C(=O)N2CCN(CC(=O)Nc3ccc(Cl)cc3)CC2)c1. The molecule has 1 heterocycles. The van der Waals surface area contributed by atoms with Crippen LogP contribution in [0, 0.1) is 0 Å². The second kappa shape index (κ2) is 9.00. The zero-order valence-corrected chi connectivity index (χ0v) is 17.5. The molecule has 9 nitrogen and oxygen atoms in total. The number of nitrogens with one attached hydrogen (secondary N) is 1. The van der Waals surface area contributed by atoms with Crippen LogP contribution in [0.2, 0.25) is 5.02 Å². The first-order chi connectivity index (χ1) is 14.1. The topological polar surface area (TPSA) is 133 Å². The number of anilines is 1. The van der Waals surface area contributed by atoms with Crippen LogP contribution >= 0.6 is 11.6 Å². The zero-order valence-electron chi connectivity index (χ0n) is 15.9. The van der Waals surface area contributed by atoms with E-state index in [4.69, 9.17) is 16.7 Å². The summed E-state index contributed by atoms with van der Waals surface area (Å²) in [5.74, 6) is -1.00. The molecule has 2 aromatic rings. The van der Waals surface area contributed by atoms with E-state index >= 15 is 0 Å². The quantitative estimate of drug-likeness (QED) is 0.621. The highest BCUT2D eigenvalue weighted by atomic mass is 35.5. The number of carbonyl (C=O) groups excluding carboxylic acids is 2. The predicted octanol–water partition coefficient (Wildman–Crippen LogP) is 1.09. The lowest BCUT2D eigenvalue weighted by Gasteiger charge is -2.34. The Morgan fingerprint density at radius 3 is 2.30 bits per heavy atom. The van der Waals surface area contributed by atoms with Crippen molar-refractivity contribution in [2.24, 2.45) is 5.14 Å². The molecule has 0 aliphatic carbocycles. The fourth-order valence-corrected chi connectivity index (χ4v) is 3.75. The maximum Gasteiger partial charge on any atom is 0.257 e. The van der Waals surface area contributed by atoms with Gasteiger partial charge in [0.15, 0.2) is 0 Å². The molecule has 160 valence electrons. The number of hydrogen-bond acceptors (Lipinski definition) is 6.